The van der Waals surface area contributed by atoms with Crippen molar-refractivity contribution in [2.24, 2.45) is 0 Å². The molecule has 152 valence electrons. The van der Waals surface area contributed by atoms with Crippen LogP contribution < -0.4 is 0 Å². The van der Waals surface area contributed by atoms with E-state index in [1.165, 1.54) is 0 Å². The summed E-state index contributed by atoms with van der Waals surface area (Å²) in [6.45, 7) is -0.328. The van der Waals surface area contributed by atoms with Gasteiger partial charge in [-0.05, 0) is 0 Å². The minimum absolute atomic E-state index is 0.685. The van der Waals surface area contributed by atoms with E-state index in [0.29, 0.717) is 0 Å². The summed E-state index contributed by atoms with van der Waals surface area (Å²) in [5, 5.41) is 68.3. The largest absolute Gasteiger partial charge is 0.433 e. The number of ether oxygens (including phenoxy) is 4. The van der Waals surface area contributed by atoms with Gasteiger partial charge in [-0.2, -0.15) is 0 Å². The van der Waals surface area contributed by atoms with Crippen molar-refractivity contribution >= 4 is 5.97 Å². The summed E-state index contributed by atoms with van der Waals surface area (Å²) in [4.78, 5) is 11.0. The van der Waals surface area contributed by atoms with Gasteiger partial charge in [-0.25, -0.2) is 0 Å². The first kappa shape index (κ1) is 21.4. The zero-order valence-corrected chi connectivity index (χ0v) is 13.9. The van der Waals surface area contributed by atoms with Crippen LogP contribution in [0, 0.1) is 0 Å². The van der Waals surface area contributed by atoms with Crippen LogP contribution in [0.15, 0.2) is 0 Å². The van der Waals surface area contributed by atoms with Crippen molar-refractivity contribution in [3.63, 3.8) is 0 Å². The quantitative estimate of drug-likeness (QED) is 0.224. The van der Waals surface area contributed by atoms with Gasteiger partial charge in [0.25, 0.3) is 0 Å². The van der Waals surface area contributed by atoms with Crippen molar-refractivity contribution < 1.29 is 59.5 Å². The summed E-state index contributed by atoms with van der Waals surface area (Å²) in [6.07, 6.45) is -15.6. The van der Waals surface area contributed by atoms with E-state index in [2.05, 4.69) is 0 Å². The van der Waals surface area contributed by atoms with Crippen LogP contribution in [0.3, 0.4) is 0 Å². The number of aliphatic hydroxyl groups excluding tert-OH is 7. The first-order valence-corrected chi connectivity index (χ1v) is 7.96. The summed E-state index contributed by atoms with van der Waals surface area (Å²) in [7, 11) is 0. The number of rotatable bonds is 5. The number of hydrogen-bond donors (Lipinski definition) is 7. The van der Waals surface area contributed by atoms with E-state index in [1.807, 2.05) is 0 Å². The summed E-state index contributed by atoms with van der Waals surface area (Å²) in [5.74, 6) is -0.786. The molecule has 2 aliphatic rings. The van der Waals surface area contributed by atoms with Crippen LogP contribution in [-0.2, 0) is 23.7 Å². The molecule has 0 aromatic rings. The average molecular weight is 384 g/mol. The Morgan fingerprint density at radius 3 is 1.88 bits per heavy atom. The Labute approximate surface area is 148 Å². The molecule has 0 amide bonds. The minimum Gasteiger partial charge on any atom is -0.433 e. The Hall–Kier alpha value is -0.930. The van der Waals surface area contributed by atoms with Gasteiger partial charge in [-0.1, -0.05) is 0 Å². The van der Waals surface area contributed by atoms with Crippen molar-refractivity contribution in [1.82, 2.24) is 0 Å². The standard InChI is InChI=1S/C14H24O12/c1-4(17)23-13-11(22)9(20)12(6(3-16)25-13)26-14-10(21)8(19)7(18)5(2-15)24-14/h5-16,18-22H,2-3H2,1H3/t5-,6-,7-,8+,9-,10-,11-,12-,13+,14-/m1/s1. The van der Waals surface area contributed by atoms with E-state index < -0.39 is 80.6 Å². The van der Waals surface area contributed by atoms with Crippen molar-refractivity contribution in [2.75, 3.05) is 13.2 Å². The van der Waals surface area contributed by atoms with Crippen molar-refractivity contribution in [1.29, 1.82) is 0 Å². The number of hydrogen-bond acceptors (Lipinski definition) is 12. The SMILES string of the molecule is CC(=O)O[C@H]1O[C@H](CO)[C@@H](O[C@H]2O[C@H](CO)[C@@H](O)[C@H](O)[C@H]2O)[C@H](O)[C@H]1O. The molecule has 7 N–H and O–H groups in total. The van der Waals surface area contributed by atoms with Crippen LogP contribution in [0.4, 0.5) is 0 Å². The van der Waals surface area contributed by atoms with Crippen molar-refractivity contribution in [2.45, 2.75) is 68.3 Å². The van der Waals surface area contributed by atoms with E-state index in [1.54, 1.807) is 0 Å². The molecule has 12 nitrogen and oxygen atoms in total. The molecular formula is C14H24O12. The number of aliphatic hydroxyl groups is 7. The lowest BCUT2D eigenvalue weighted by atomic mass is 9.97. The third-order valence-electron chi connectivity index (χ3n) is 4.24. The second-order valence-corrected chi connectivity index (χ2v) is 6.11. The highest BCUT2D eigenvalue weighted by Crippen LogP contribution is 2.29. The number of carbonyl (C=O) groups excluding carboxylic acids is 1. The molecule has 2 aliphatic heterocycles. The van der Waals surface area contributed by atoms with Gasteiger partial charge in [0.15, 0.2) is 6.29 Å². The smallest absolute Gasteiger partial charge is 0.305 e. The lowest BCUT2D eigenvalue weighted by Crippen LogP contribution is -2.64. The predicted molar refractivity (Wildman–Crippen MR) is 78.2 cm³/mol. The normalized spacial score (nSPS) is 46.8. The van der Waals surface area contributed by atoms with Crippen molar-refractivity contribution in [3.05, 3.63) is 0 Å². The maximum atomic E-state index is 11.0. The van der Waals surface area contributed by atoms with E-state index in [4.69, 9.17) is 24.1 Å². The first-order valence-electron chi connectivity index (χ1n) is 7.96. The molecular weight excluding hydrogens is 360 g/mol. The Bertz CT molecular complexity index is 471. The van der Waals surface area contributed by atoms with Gasteiger partial charge in [0, 0.05) is 6.92 Å². The molecule has 0 unspecified atom stereocenters. The minimum atomic E-state index is -1.75. The van der Waals surface area contributed by atoms with E-state index in [0.717, 1.165) is 6.92 Å². The van der Waals surface area contributed by atoms with E-state index in [-0.39, 0.29) is 0 Å². The fourth-order valence-electron chi connectivity index (χ4n) is 2.82. The maximum Gasteiger partial charge on any atom is 0.305 e. The predicted octanol–water partition coefficient (Wildman–Crippen LogP) is -4.83. The van der Waals surface area contributed by atoms with Crippen LogP contribution >= 0.6 is 0 Å². The van der Waals surface area contributed by atoms with Gasteiger partial charge in [-0.3, -0.25) is 4.79 Å². The summed E-state index contributed by atoms with van der Waals surface area (Å²) in [5.41, 5.74) is 0. The third-order valence-corrected chi connectivity index (χ3v) is 4.24. The Kier molecular flexibility index (Phi) is 7.27. The second kappa shape index (κ2) is 8.84. The highest BCUT2D eigenvalue weighted by atomic mass is 16.7. The molecule has 2 rings (SSSR count). The molecule has 10 atom stereocenters. The molecule has 0 aromatic heterocycles. The fraction of sp³-hybridized carbons (Fsp3) is 0.929. The fourth-order valence-corrected chi connectivity index (χ4v) is 2.82. The molecule has 26 heavy (non-hydrogen) atoms. The molecule has 0 radical (unpaired) electrons. The molecule has 2 fully saturated rings. The van der Waals surface area contributed by atoms with Crippen LogP contribution in [-0.4, -0.2) is 116 Å². The van der Waals surface area contributed by atoms with Crippen molar-refractivity contribution in [3.8, 4) is 0 Å². The topological polar surface area (TPSA) is 196 Å². The highest BCUT2D eigenvalue weighted by Gasteiger charge is 2.51. The lowest BCUT2D eigenvalue weighted by Gasteiger charge is -2.45. The zero-order chi connectivity index (χ0) is 19.6. The number of carbonyl (C=O) groups is 1. The number of esters is 1. The van der Waals surface area contributed by atoms with E-state index in [9.17, 15) is 35.4 Å². The Balaban J connectivity index is 2.12. The molecule has 0 spiro atoms. The van der Waals surface area contributed by atoms with Gasteiger partial charge in [-0.15, -0.1) is 0 Å². The molecule has 12 heteroatoms. The molecule has 0 bridgehead atoms. The Morgan fingerprint density at radius 1 is 0.808 bits per heavy atom. The summed E-state index contributed by atoms with van der Waals surface area (Å²) >= 11 is 0. The van der Waals surface area contributed by atoms with E-state index >= 15 is 0 Å². The average Bonchev–Trinajstić information content (AvgIpc) is 2.60. The molecule has 0 saturated carbocycles. The van der Waals surface area contributed by atoms with Crippen LogP contribution in [0.2, 0.25) is 0 Å². The van der Waals surface area contributed by atoms with Gasteiger partial charge >= 0.3 is 5.97 Å². The second-order valence-electron chi connectivity index (χ2n) is 6.11. The Morgan fingerprint density at radius 2 is 1.35 bits per heavy atom. The molecule has 0 aromatic carbocycles. The van der Waals surface area contributed by atoms with Crippen LogP contribution in [0.1, 0.15) is 6.92 Å². The monoisotopic (exact) mass is 384 g/mol. The molecule has 2 saturated heterocycles. The maximum absolute atomic E-state index is 11.0. The van der Waals surface area contributed by atoms with Gasteiger partial charge < -0.3 is 54.7 Å². The van der Waals surface area contributed by atoms with Gasteiger partial charge in [0.1, 0.15) is 48.8 Å². The van der Waals surface area contributed by atoms with Gasteiger partial charge in [0.2, 0.25) is 6.29 Å². The molecule has 0 aliphatic carbocycles. The molecule has 2 heterocycles. The highest BCUT2D eigenvalue weighted by molar-refractivity contribution is 5.66. The first-order chi connectivity index (χ1) is 12.2. The zero-order valence-electron chi connectivity index (χ0n) is 13.9. The summed E-state index contributed by atoms with van der Waals surface area (Å²) in [6, 6.07) is 0. The van der Waals surface area contributed by atoms with Crippen LogP contribution in [0.5, 0.6) is 0 Å². The summed E-state index contributed by atoms with van der Waals surface area (Å²) < 4.78 is 20.4. The van der Waals surface area contributed by atoms with Crippen LogP contribution in [0.25, 0.3) is 0 Å². The lowest BCUT2D eigenvalue weighted by molar-refractivity contribution is -0.355. The third kappa shape index (κ3) is 4.31. The van der Waals surface area contributed by atoms with Gasteiger partial charge in [0.05, 0.1) is 13.2 Å².